The van der Waals surface area contributed by atoms with E-state index in [9.17, 15) is 4.79 Å². The summed E-state index contributed by atoms with van der Waals surface area (Å²) in [5, 5.41) is 0. The molecule has 0 bridgehead atoms. The molecule has 0 aliphatic heterocycles. The molecule has 0 unspecified atom stereocenters. The van der Waals surface area contributed by atoms with Crippen molar-refractivity contribution in [1.82, 2.24) is 0 Å². The first-order valence-corrected chi connectivity index (χ1v) is 3.91. The lowest BCUT2D eigenvalue weighted by Gasteiger charge is -1.98. The van der Waals surface area contributed by atoms with Crippen molar-refractivity contribution in [2.24, 2.45) is 0 Å². The summed E-state index contributed by atoms with van der Waals surface area (Å²) in [5.41, 5.74) is 3.15. The Morgan fingerprint density at radius 1 is 1.27 bits per heavy atom. The van der Waals surface area contributed by atoms with E-state index in [-0.39, 0.29) is 0 Å². The predicted molar refractivity (Wildman–Crippen MR) is 48.5 cm³/mol. The Bertz CT molecular complexity index is 193. The first-order chi connectivity index (χ1) is 5.11. The van der Waals surface area contributed by atoms with Crippen molar-refractivity contribution in [3.05, 3.63) is 22.8 Å². The maximum atomic E-state index is 10.5. The van der Waals surface area contributed by atoms with Gasteiger partial charge in [-0.15, -0.1) is 0 Å². The highest BCUT2D eigenvalue weighted by Gasteiger charge is 1.94. The zero-order valence-corrected chi connectivity index (χ0v) is 7.77. The van der Waals surface area contributed by atoms with E-state index in [4.69, 9.17) is 0 Å². The van der Waals surface area contributed by atoms with Crippen LogP contribution < -0.4 is 0 Å². The maximum absolute atomic E-state index is 10.5. The molecule has 0 amide bonds. The minimum atomic E-state index is 0.826. The third kappa shape index (κ3) is 3.76. The summed E-state index contributed by atoms with van der Waals surface area (Å²) in [4.78, 5) is 10.5. The molecule has 0 aromatic carbocycles. The molecular weight excluding hydrogens is 136 g/mol. The fourth-order valence-corrected chi connectivity index (χ4v) is 0.773. The van der Waals surface area contributed by atoms with Crippen molar-refractivity contribution in [2.45, 2.75) is 34.1 Å². The number of hydrogen-bond donors (Lipinski definition) is 0. The normalized spacial score (nSPS) is 12.0. The van der Waals surface area contributed by atoms with Crippen molar-refractivity contribution in [2.75, 3.05) is 0 Å². The van der Waals surface area contributed by atoms with Gasteiger partial charge in [-0.2, -0.15) is 0 Å². The molecule has 0 fully saturated rings. The summed E-state index contributed by atoms with van der Waals surface area (Å²) >= 11 is 0. The molecule has 62 valence electrons. The molecule has 0 aromatic heterocycles. The fourth-order valence-electron chi connectivity index (χ4n) is 0.773. The molecule has 0 heterocycles. The molecule has 1 nitrogen and oxygen atoms in total. The first kappa shape index (κ1) is 10.2. The van der Waals surface area contributed by atoms with E-state index < -0.39 is 0 Å². The number of hydrogen-bond acceptors (Lipinski definition) is 1. The van der Waals surface area contributed by atoms with E-state index in [1.54, 1.807) is 0 Å². The number of carbonyl (C=O) groups excluding carboxylic acids is 1. The number of rotatable bonds is 3. The summed E-state index contributed by atoms with van der Waals surface area (Å²) in [5.74, 6) is 0. The Morgan fingerprint density at radius 2 is 1.82 bits per heavy atom. The molecule has 0 aliphatic rings. The van der Waals surface area contributed by atoms with Gasteiger partial charge in [0, 0.05) is 5.57 Å². The Kier molecular flexibility index (Phi) is 4.51. The number of carbonyl (C=O) groups is 1. The highest BCUT2D eigenvalue weighted by atomic mass is 16.1. The maximum Gasteiger partial charge on any atom is 0.149 e. The van der Waals surface area contributed by atoms with Gasteiger partial charge in [-0.05, 0) is 27.2 Å². The van der Waals surface area contributed by atoms with Gasteiger partial charge in [-0.1, -0.05) is 24.1 Å². The summed E-state index contributed by atoms with van der Waals surface area (Å²) in [6.45, 7) is 8.03. The molecular formula is C10H16O. The van der Waals surface area contributed by atoms with Gasteiger partial charge in [0.25, 0.3) is 0 Å². The summed E-state index contributed by atoms with van der Waals surface area (Å²) < 4.78 is 0. The van der Waals surface area contributed by atoms with Gasteiger partial charge in [0.15, 0.2) is 0 Å². The topological polar surface area (TPSA) is 17.1 Å². The van der Waals surface area contributed by atoms with Crippen molar-refractivity contribution in [1.29, 1.82) is 0 Å². The van der Waals surface area contributed by atoms with Crippen LogP contribution in [0.3, 0.4) is 0 Å². The van der Waals surface area contributed by atoms with Crippen LogP contribution in [0.5, 0.6) is 0 Å². The van der Waals surface area contributed by atoms with E-state index in [0.717, 1.165) is 23.9 Å². The van der Waals surface area contributed by atoms with Crippen LogP contribution in [0, 0.1) is 0 Å². The third-order valence-corrected chi connectivity index (χ3v) is 1.59. The molecule has 0 N–H and O–H groups in total. The molecule has 0 rings (SSSR count). The monoisotopic (exact) mass is 152 g/mol. The standard InChI is InChI=1S/C10H16O/c1-5-9(4)10(7-11)6-8(2)3/h6-7H,5H2,1-4H3/b10-9-. The lowest BCUT2D eigenvalue weighted by Crippen LogP contribution is -1.86. The highest BCUT2D eigenvalue weighted by molar-refractivity contribution is 5.78. The van der Waals surface area contributed by atoms with Crippen LogP contribution in [0.25, 0.3) is 0 Å². The lowest BCUT2D eigenvalue weighted by molar-refractivity contribution is -0.104. The first-order valence-electron chi connectivity index (χ1n) is 3.91. The minimum absolute atomic E-state index is 0.826. The van der Waals surface area contributed by atoms with Crippen molar-refractivity contribution >= 4 is 6.29 Å². The average Bonchev–Trinajstić information content (AvgIpc) is 1.98. The Hall–Kier alpha value is -0.850. The lowest BCUT2D eigenvalue weighted by atomic mass is 10.1. The number of aldehydes is 1. The second kappa shape index (κ2) is 4.89. The second-order valence-electron chi connectivity index (χ2n) is 2.93. The van der Waals surface area contributed by atoms with E-state index >= 15 is 0 Å². The van der Waals surface area contributed by atoms with E-state index in [2.05, 4.69) is 6.92 Å². The van der Waals surface area contributed by atoms with Gasteiger partial charge >= 0.3 is 0 Å². The van der Waals surface area contributed by atoms with Gasteiger partial charge in [0.2, 0.25) is 0 Å². The van der Waals surface area contributed by atoms with E-state index in [0.29, 0.717) is 0 Å². The quantitative estimate of drug-likeness (QED) is 0.345. The number of allylic oxidation sites excluding steroid dienone is 4. The zero-order valence-electron chi connectivity index (χ0n) is 7.77. The second-order valence-corrected chi connectivity index (χ2v) is 2.93. The zero-order chi connectivity index (χ0) is 8.85. The predicted octanol–water partition coefficient (Wildman–Crippen LogP) is 2.88. The summed E-state index contributed by atoms with van der Waals surface area (Å²) in [6, 6.07) is 0. The Labute approximate surface area is 68.8 Å². The molecule has 0 atom stereocenters. The molecule has 11 heavy (non-hydrogen) atoms. The Balaban J connectivity index is 4.66. The van der Waals surface area contributed by atoms with Crippen molar-refractivity contribution in [3.63, 3.8) is 0 Å². The van der Waals surface area contributed by atoms with Gasteiger partial charge in [-0.25, -0.2) is 0 Å². The molecule has 0 saturated heterocycles. The molecule has 0 radical (unpaired) electrons. The van der Waals surface area contributed by atoms with E-state index in [1.165, 1.54) is 5.57 Å². The van der Waals surface area contributed by atoms with Gasteiger partial charge < -0.3 is 0 Å². The SMILES string of the molecule is CC/C(C)=C(\C=O)C=C(C)C. The van der Waals surface area contributed by atoms with Crippen LogP contribution in [0.15, 0.2) is 22.8 Å². The Morgan fingerprint density at radius 3 is 2.09 bits per heavy atom. The average molecular weight is 152 g/mol. The van der Waals surface area contributed by atoms with Gasteiger partial charge in [-0.3, -0.25) is 4.79 Å². The van der Waals surface area contributed by atoms with Gasteiger partial charge in [0.05, 0.1) is 0 Å². The van der Waals surface area contributed by atoms with Crippen LogP contribution in [0.1, 0.15) is 34.1 Å². The van der Waals surface area contributed by atoms with Crippen molar-refractivity contribution in [3.8, 4) is 0 Å². The molecule has 0 aromatic rings. The fraction of sp³-hybridized carbons (Fsp3) is 0.500. The van der Waals surface area contributed by atoms with Gasteiger partial charge in [0.1, 0.15) is 6.29 Å². The van der Waals surface area contributed by atoms with E-state index in [1.807, 2.05) is 26.8 Å². The van der Waals surface area contributed by atoms with Crippen LogP contribution in [-0.4, -0.2) is 6.29 Å². The van der Waals surface area contributed by atoms with Crippen LogP contribution >= 0.6 is 0 Å². The molecule has 0 aliphatic carbocycles. The summed E-state index contributed by atoms with van der Waals surface area (Å²) in [7, 11) is 0. The third-order valence-electron chi connectivity index (χ3n) is 1.59. The molecule has 0 saturated carbocycles. The van der Waals surface area contributed by atoms with Crippen LogP contribution in [0.2, 0.25) is 0 Å². The van der Waals surface area contributed by atoms with Crippen molar-refractivity contribution < 1.29 is 4.79 Å². The summed E-state index contributed by atoms with van der Waals surface area (Å²) in [6.07, 6.45) is 3.79. The minimum Gasteiger partial charge on any atom is -0.298 e. The van der Waals surface area contributed by atoms with Crippen LogP contribution in [0.4, 0.5) is 0 Å². The van der Waals surface area contributed by atoms with Crippen LogP contribution in [-0.2, 0) is 4.79 Å². The molecule has 1 heteroatoms. The largest absolute Gasteiger partial charge is 0.298 e. The highest BCUT2D eigenvalue weighted by Crippen LogP contribution is 2.08. The molecule has 0 spiro atoms. The smallest absolute Gasteiger partial charge is 0.149 e.